The summed E-state index contributed by atoms with van der Waals surface area (Å²) in [6, 6.07) is 0. The van der Waals surface area contributed by atoms with E-state index in [0.717, 1.165) is 18.4 Å². The normalized spacial score (nSPS) is 25.5. The van der Waals surface area contributed by atoms with Crippen molar-refractivity contribution in [3.8, 4) is 0 Å². The van der Waals surface area contributed by atoms with Crippen LogP contribution in [0.25, 0.3) is 0 Å². The van der Waals surface area contributed by atoms with Crippen LogP contribution < -0.4 is 5.32 Å². The number of nitrogens with one attached hydrogen (secondary N) is 1. The van der Waals surface area contributed by atoms with Gasteiger partial charge in [-0.05, 0) is 69.6 Å². The van der Waals surface area contributed by atoms with Gasteiger partial charge in [0.2, 0.25) is 0 Å². The van der Waals surface area contributed by atoms with Crippen LogP contribution in [0.2, 0.25) is 0 Å². The van der Waals surface area contributed by atoms with Crippen LogP contribution in [0.3, 0.4) is 0 Å². The summed E-state index contributed by atoms with van der Waals surface area (Å²) in [4.78, 5) is 0. The van der Waals surface area contributed by atoms with Crippen LogP contribution in [0.1, 0.15) is 81.1 Å². The molecule has 1 heteroatoms. The van der Waals surface area contributed by atoms with Crippen LogP contribution in [-0.4, -0.2) is 12.1 Å². The van der Waals surface area contributed by atoms with Crippen molar-refractivity contribution in [2.75, 3.05) is 6.54 Å². The molecule has 0 atom stereocenters. The number of hydrogen-bond acceptors (Lipinski definition) is 1. The summed E-state index contributed by atoms with van der Waals surface area (Å²) in [5.74, 6) is 2.38. The van der Waals surface area contributed by atoms with Gasteiger partial charge >= 0.3 is 0 Å². The Bertz CT molecular complexity index is 330. The van der Waals surface area contributed by atoms with Gasteiger partial charge in [0.15, 0.2) is 0 Å². The Kier molecular flexibility index (Phi) is 6.53. The highest BCUT2D eigenvalue weighted by molar-refractivity contribution is 5.10. The molecule has 1 nitrogen and oxygen atoms in total. The molecule has 21 heavy (non-hydrogen) atoms. The fraction of sp³-hybridized carbons (Fsp3) is 0.900. The fourth-order valence-corrected chi connectivity index (χ4v) is 3.28. The first kappa shape index (κ1) is 18.7. The van der Waals surface area contributed by atoms with E-state index >= 15 is 0 Å². The van der Waals surface area contributed by atoms with E-state index in [1.54, 1.807) is 5.57 Å². The molecule has 1 fully saturated rings. The van der Waals surface area contributed by atoms with Gasteiger partial charge in [0.25, 0.3) is 0 Å². The van der Waals surface area contributed by atoms with Gasteiger partial charge in [0, 0.05) is 12.1 Å². The molecule has 0 spiro atoms. The molecule has 0 heterocycles. The van der Waals surface area contributed by atoms with Crippen molar-refractivity contribution in [1.29, 1.82) is 0 Å². The number of allylic oxidation sites excluding steroid dienone is 1. The summed E-state index contributed by atoms with van der Waals surface area (Å²) in [6.45, 7) is 19.7. The summed E-state index contributed by atoms with van der Waals surface area (Å²) in [5.41, 5.74) is 2.30. The maximum Gasteiger partial charge on any atom is 0.0172 e. The Morgan fingerprint density at radius 1 is 1.00 bits per heavy atom. The molecule has 0 aliphatic heterocycles. The molecule has 1 aliphatic carbocycles. The van der Waals surface area contributed by atoms with Crippen LogP contribution >= 0.6 is 0 Å². The minimum absolute atomic E-state index is 0.206. The SMILES string of the molecule is CC(C)C(=CC1CCC(C(C)(C)C)CC1)CNC(C)(C)C. The minimum Gasteiger partial charge on any atom is -0.308 e. The van der Waals surface area contributed by atoms with Gasteiger partial charge in [0.1, 0.15) is 0 Å². The van der Waals surface area contributed by atoms with E-state index in [-0.39, 0.29) is 5.54 Å². The summed E-state index contributed by atoms with van der Waals surface area (Å²) >= 11 is 0. The number of rotatable bonds is 4. The van der Waals surface area contributed by atoms with Crippen molar-refractivity contribution in [2.24, 2.45) is 23.2 Å². The standard InChI is InChI=1S/C20H39N/c1-15(2)17(14-21-20(6,7)8)13-16-9-11-18(12-10-16)19(3,4)5/h13,15-16,18,21H,9-12,14H2,1-8H3. The van der Waals surface area contributed by atoms with Gasteiger partial charge in [-0.25, -0.2) is 0 Å². The zero-order valence-corrected chi connectivity index (χ0v) is 15.8. The van der Waals surface area contributed by atoms with Crippen LogP contribution in [0.5, 0.6) is 0 Å². The van der Waals surface area contributed by atoms with Crippen LogP contribution in [0, 0.1) is 23.2 Å². The molecule has 0 unspecified atom stereocenters. The average molecular weight is 294 g/mol. The molecule has 0 amide bonds. The van der Waals surface area contributed by atoms with Gasteiger partial charge in [0.05, 0.1) is 0 Å². The van der Waals surface area contributed by atoms with E-state index in [1.807, 2.05) is 0 Å². The van der Waals surface area contributed by atoms with Crippen LogP contribution in [-0.2, 0) is 0 Å². The van der Waals surface area contributed by atoms with Crippen LogP contribution in [0.15, 0.2) is 11.6 Å². The second kappa shape index (κ2) is 7.31. The Balaban J connectivity index is 2.59. The summed E-state index contributed by atoms with van der Waals surface area (Å²) in [5, 5.41) is 3.66. The zero-order chi connectivity index (χ0) is 16.3. The first-order chi connectivity index (χ1) is 9.49. The van der Waals surface area contributed by atoms with E-state index < -0.39 is 0 Å². The fourth-order valence-electron chi connectivity index (χ4n) is 3.28. The molecular formula is C20H39N. The molecule has 0 radical (unpaired) electrons. The first-order valence-corrected chi connectivity index (χ1v) is 8.94. The third-order valence-electron chi connectivity index (χ3n) is 5.01. The molecule has 0 bridgehead atoms. The minimum atomic E-state index is 0.206. The van der Waals surface area contributed by atoms with E-state index in [4.69, 9.17) is 0 Å². The molecule has 0 aromatic heterocycles. The molecule has 1 saturated carbocycles. The molecule has 124 valence electrons. The highest BCUT2D eigenvalue weighted by Crippen LogP contribution is 2.40. The largest absolute Gasteiger partial charge is 0.308 e. The highest BCUT2D eigenvalue weighted by Gasteiger charge is 2.29. The third kappa shape index (κ3) is 7.00. The lowest BCUT2D eigenvalue weighted by Gasteiger charge is -2.36. The zero-order valence-electron chi connectivity index (χ0n) is 15.8. The summed E-state index contributed by atoms with van der Waals surface area (Å²) < 4.78 is 0. The van der Waals surface area contributed by atoms with E-state index in [0.29, 0.717) is 11.3 Å². The van der Waals surface area contributed by atoms with E-state index in [9.17, 15) is 0 Å². The second-order valence-corrected chi connectivity index (χ2v) is 9.48. The third-order valence-corrected chi connectivity index (χ3v) is 5.01. The van der Waals surface area contributed by atoms with Crippen molar-refractivity contribution in [3.63, 3.8) is 0 Å². The van der Waals surface area contributed by atoms with Crippen molar-refractivity contribution in [2.45, 2.75) is 86.6 Å². The van der Waals surface area contributed by atoms with Gasteiger partial charge < -0.3 is 5.32 Å². The molecule has 1 rings (SSSR count). The van der Waals surface area contributed by atoms with Gasteiger partial charge in [-0.15, -0.1) is 0 Å². The van der Waals surface area contributed by atoms with Crippen molar-refractivity contribution in [1.82, 2.24) is 5.32 Å². The molecule has 0 aromatic carbocycles. The van der Waals surface area contributed by atoms with Gasteiger partial charge in [-0.1, -0.05) is 46.3 Å². The van der Waals surface area contributed by atoms with Gasteiger partial charge in [-0.2, -0.15) is 0 Å². The van der Waals surface area contributed by atoms with Gasteiger partial charge in [-0.3, -0.25) is 0 Å². The highest BCUT2D eigenvalue weighted by atomic mass is 14.9. The first-order valence-electron chi connectivity index (χ1n) is 8.94. The van der Waals surface area contributed by atoms with Crippen molar-refractivity contribution in [3.05, 3.63) is 11.6 Å². The molecule has 0 saturated heterocycles. The Morgan fingerprint density at radius 3 is 1.90 bits per heavy atom. The van der Waals surface area contributed by atoms with E-state index in [2.05, 4.69) is 66.8 Å². The van der Waals surface area contributed by atoms with E-state index in [1.165, 1.54) is 25.7 Å². The topological polar surface area (TPSA) is 12.0 Å². The lowest BCUT2D eigenvalue weighted by atomic mass is 9.69. The molecule has 1 aliphatic rings. The van der Waals surface area contributed by atoms with Crippen molar-refractivity contribution >= 4 is 0 Å². The number of hydrogen-bond donors (Lipinski definition) is 1. The predicted octanol–water partition coefficient (Wildman–Crippen LogP) is 5.81. The molecular weight excluding hydrogens is 254 g/mol. The Hall–Kier alpha value is -0.300. The quantitative estimate of drug-likeness (QED) is 0.645. The summed E-state index contributed by atoms with van der Waals surface area (Å²) in [7, 11) is 0. The average Bonchev–Trinajstić information content (AvgIpc) is 2.32. The molecule has 0 aromatic rings. The van der Waals surface area contributed by atoms with Crippen molar-refractivity contribution < 1.29 is 0 Å². The molecule has 1 N–H and O–H groups in total. The summed E-state index contributed by atoms with van der Waals surface area (Å²) in [6.07, 6.45) is 8.18. The maximum atomic E-state index is 3.66. The van der Waals surface area contributed by atoms with Crippen LogP contribution in [0.4, 0.5) is 0 Å². The lowest BCUT2D eigenvalue weighted by molar-refractivity contribution is 0.162. The second-order valence-electron chi connectivity index (χ2n) is 9.48. The lowest BCUT2D eigenvalue weighted by Crippen LogP contribution is -2.37. The maximum absolute atomic E-state index is 3.66. The smallest absolute Gasteiger partial charge is 0.0172 e. The Labute approximate surface area is 134 Å². The monoisotopic (exact) mass is 293 g/mol. The predicted molar refractivity (Wildman–Crippen MR) is 95.6 cm³/mol. The Morgan fingerprint density at radius 2 is 1.52 bits per heavy atom.